The van der Waals surface area contributed by atoms with Crippen molar-refractivity contribution < 1.29 is 0 Å². The monoisotopic (exact) mass is 308 g/mol. The van der Waals surface area contributed by atoms with Gasteiger partial charge in [0.25, 0.3) is 0 Å². The van der Waals surface area contributed by atoms with Crippen LogP contribution in [0.4, 0.5) is 0 Å². The highest BCUT2D eigenvalue weighted by Crippen LogP contribution is 2.28. The molecule has 2 rings (SSSR count). The molecule has 1 heterocycles. The van der Waals surface area contributed by atoms with Gasteiger partial charge in [0.2, 0.25) is 0 Å². The van der Waals surface area contributed by atoms with E-state index in [1.165, 1.54) is 16.5 Å². The summed E-state index contributed by atoms with van der Waals surface area (Å²) >= 11 is 3.57. The van der Waals surface area contributed by atoms with Gasteiger partial charge in [-0.05, 0) is 58.0 Å². The van der Waals surface area contributed by atoms with Gasteiger partial charge in [-0.15, -0.1) is 0 Å². The molecule has 2 aromatic rings. The van der Waals surface area contributed by atoms with E-state index in [-0.39, 0.29) is 0 Å². The topological polar surface area (TPSA) is 17.0 Å². The highest BCUT2D eigenvalue weighted by molar-refractivity contribution is 9.10. The standard InChI is InChI=1S/C15H21BrN2/c1-10(2)18-9-12(7-11(3)17-4)14-8-13(16)5-6-15(14)18/h5-6,8-11,17H,7H2,1-4H3. The number of hydrogen-bond acceptors (Lipinski definition) is 1. The molecule has 1 atom stereocenters. The van der Waals surface area contributed by atoms with Crippen LogP contribution in [-0.2, 0) is 6.42 Å². The number of aromatic nitrogens is 1. The summed E-state index contributed by atoms with van der Waals surface area (Å²) in [5.41, 5.74) is 2.74. The van der Waals surface area contributed by atoms with Crippen molar-refractivity contribution in [2.45, 2.75) is 39.3 Å². The molecule has 0 bridgehead atoms. The molecular formula is C15H21BrN2. The van der Waals surface area contributed by atoms with Crippen molar-refractivity contribution >= 4 is 26.8 Å². The van der Waals surface area contributed by atoms with Crippen LogP contribution in [0.25, 0.3) is 10.9 Å². The zero-order valence-electron chi connectivity index (χ0n) is 11.5. The molecule has 0 radical (unpaired) electrons. The predicted molar refractivity (Wildman–Crippen MR) is 82.2 cm³/mol. The SMILES string of the molecule is CNC(C)Cc1cn(C(C)C)c2ccc(Br)cc12. The Hall–Kier alpha value is -0.800. The van der Waals surface area contributed by atoms with E-state index in [1.54, 1.807) is 0 Å². The highest BCUT2D eigenvalue weighted by Gasteiger charge is 2.12. The molecule has 0 aliphatic heterocycles. The Morgan fingerprint density at radius 1 is 1.28 bits per heavy atom. The predicted octanol–water partition coefficient (Wildman–Crippen LogP) is 4.14. The normalized spacial score (nSPS) is 13.4. The van der Waals surface area contributed by atoms with Gasteiger partial charge in [0.15, 0.2) is 0 Å². The third-order valence-electron chi connectivity index (χ3n) is 3.45. The number of rotatable bonds is 4. The summed E-state index contributed by atoms with van der Waals surface area (Å²) in [5.74, 6) is 0. The van der Waals surface area contributed by atoms with E-state index >= 15 is 0 Å². The van der Waals surface area contributed by atoms with Gasteiger partial charge in [0, 0.05) is 33.7 Å². The molecule has 0 saturated carbocycles. The van der Waals surface area contributed by atoms with Gasteiger partial charge in [0.05, 0.1) is 0 Å². The number of hydrogen-bond donors (Lipinski definition) is 1. The van der Waals surface area contributed by atoms with E-state index in [1.807, 2.05) is 7.05 Å². The average Bonchev–Trinajstić information content (AvgIpc) is 2.67. The lowest BCUT2D eigenvalue weighted by molar-refractivity contribution is 0.598. The van der Waals surface area contributed by atoms with Crippen LogP contribution < -0.4 is 5.32 Å². The van der Waals surface area contributed by atoms with Crippen LogP contribution in [0.15, 0.2) is 28.9 Å². The van der Waals surface area contributed by atoms with Crippen LogP contribution in [0.1, 0.15) is 32.4 Å². The van der Waals surface area contributed by atoms with Crippen LogP contribution in [0.3, 0.4) is 0 Å². The lowest BCUT2D eigenvalue weighted by Crippen LogP contribution is -2.23. The van der Waals surface area contributed by atoms with Crippen molar-refractivity contribution in [1.82, 2.24) is 9.88 Å². The van der Waals surface area contributed by atoms with E-state index in [4.69, 9.17) is 0 Å². The van der Waals surface area contributed by atoms with Gasteiger partial charge < -0.3 is 9.88 Å². The summed E-state index contributed by atoms with van der Waals surface area (Å²) in [5, 5.41) is 4.67. The molecule has 1 unspecified atom stereocenters. The second-order valence-electron chi connectivity index (χ2n) is 5.21. The minimum absolute atomic E-state index is 0.493. The molecule has 1 N–H and O–H groups in total. The Morgan fingerprint density at radius 3 is 2.61 bits per heavy atom. The maximum Gasteiger partial charge on any atom is 0.0486 e. The molecule has 98 valence electrons. The van der Waals surface area contributed by atoms with Crippen LogP contribution in [0, 0.1) is 0 Å². The van der Waals surface area contributed by atoms with Gasteiger partial charge in [-0.25, -0.2) is 0 Å². The number of nitrogens with one attached hydrogen (secondary N) is 1. The Bertz CT molecular complexity index is 543. The minimum Gasteiger partial charge on any atom is -0.345 e. The van der Waals surface area contributed by atoms with Crippen LogP contribution in [0.5, 0.6) is 0 Å². The van der Waals surface area contributed by atoms with Crippen molar-refractivity contribution in [3.63, 3.8) is 0 Å². The molecule has 0 aliphatic carbocycles. The van der Waals surface area contributed by atoms with E-state index < -0.39 is 0 Å². The smallest absolute Gasteiger partial charge is 0.0486 e. The lowest BCUT2D eigenvalue weighted by atomic mass is 10.1. The van der Waals surface area contributed by atoms with Gasteiger partial charge in [-0.2, -0.15) is 0 Å². The zero-order valence-corrected chi connectivity index (χ0v) is 13.1. The molecule has 18 heavy (non-hydrogen) atoms. The van der Waals surface area contributed by atoms with E-state index in [0.29, 0.717) is 12.1 Å². The van der Waals surface area contributed by atoms with Gasteiger partial charge in [-0.1, -0.05) is 15.9 Å². The molecule has 0 aliphatic rings. The Morgan fingerprint density at radius 2 is 2.00 bits per heavy atom. The minimum atomic E-state index is 0.493. The summed E-state index contributed by atoms with van der Waals surface area (Å²) < 4.78 is 3.51. The molecule has 0 spiro atoms. The van der Waals surface area contributed by atoms with E-state index in [2.05, 4.69) is 71.0 Å². The molecule has 1 aromatic carbocycles. The number of nitrogens with zero attached hydrogens (tertiary/aromatic N) is 1. The van der Waals surface area contributed by atoms with Crippen LogP contribution >= 0.6 is 15.9 Å². The third-order valence-corrected chi connectivity index (χ3v) is 3.95. The van der Waals surface area contributed by atoms with E-state index in [0.717, 1.165) is 10.9 Å². The summed E-state index contributed by atoms with van der Waals surface area (Å²) in [7, 11) is 2.02. The summed E-state index contributed by atoms with van der Waals surface area (Å²) in [4.78, 5) is 0. The van der Waals surface area contributed by atoms with Gasteiger partial charge >= 0.3 is 0 Å². The first-order valence-corrected chi connectivity index (χ1v) is 7.28. The summed E-state index contributed by atoms with van der Waals surface area (Å²) in [6.45, 7) is 6.68. The first-order valence-electron chi connectivity index (χ1n) is 6.49. The fraction of sp³-hybridized carbons (Fsp3) is 0.467. The van der Waals surface area contributed by atoms with Crippen molar-refractivity contribution in [3.8, 4) is 0 Å². The Balaban J connectivity index is 2.54. The molecule has 0 saturated heterocycles. The number of likely N-dealkylation sites (N-methyl/N-ethyl adjacent to an activating group) is 1. The van der Waals surface area contributed by atoms with Gasteiger partial charge in [0.1, 0.15) is 0 Å². The fourth-order valence-corrected chi connectivity index (χ4v) is 2.68. The van der Waals surface area contributed by atoms with Crippen molar-refractivity contribution in [2.75, 3.05) is 7.05 Å². The molecule has 0 fully saturated rings. The summed E-state index contributed by atoms with van der Waals surface area (Å²) in [6.07, 6.45) is 3.36. The fourth-order valence-electron chi connectivity index (χ4n) is 2.32. The average molecular weight is 309 g/mol. The third kappa shape index (κ3) is 2.62. The quantitative estimate of drug-likeness (QED) is 0.898. The molecule has 0 amide bonds. The Kier molecular flexibility index (Phi) is 4.13. The molecule has 1 aromatic heterocycles. The number of fused-ring (bicyclic) bond motifs is 1. The number of benzene rings is 1. The van der Waals surface area contributed by atoms with E-state index in [9.17, 15) is 0 Å². The van der Waals surface area contributed by atoms with Crippen LogP contribution in [-0.4, -0.2) is 17.7 Å². The first kappa shape index (κ1) is 13.6. The largest absolute Gasteiger partial charge is 0.345 e. The summed E-state index contributed by atoms with van der Waals surface area (Å²) in [6, 6.07) is 7.54. The second-order valence-corrected chi connectivity index (χ2v) is 6.13. The first-order chi connectivity index (χ1) is 8.52. The van der Waals surface area contributed by atoms with Crippen molar-refractivity contribution in [3.05, 3.63) is 34.4 Å². The lowest BCUT2D eigenvalue weighted by Gasteiger charge is -2.09. The molecular weight excluding hydrogens is 288 g/mol. The molecule has 2 nitrogen and oxygen atoms in total. The highest BCUT2D eigenvalue weighted by atomic mass is 79.9. The second kappa shape index (κ2) is 5.45. The van der Waals surface area contributed by atoms with Crippen molar-refractivity contribution in [1.29, 1.82) is 0 Å². The van der Waals surface area contributed by atoms with Crippen molar-refractivity contribution in [2.24, 2.45) is 0 Å². The van der Waals surface area contributed by atoms with Crippen LogP contribution in [0.2, 0.25) is 0 Å². The zero-order chi connectivity index (χ0) is 13.3. The Labute approximate surface area is 118 Å². The number of halogens is 1. The maximum atomic E-state index is 3.57. The maximum absolute atomic E-state index is 3.57. The van der Waals surface area contributed by atoms with Gasteiger partial charge in [-0.3, -0.25) is 0 Å². The molecule has 3 heteroatoms.